The van der Waals surface area contributed by atoms with Gasteiger partial charge < -0.3 is 4.52 Å². The molecule has 0 saturated heterocycles. The van der Waals surface area contributed by atoms with Crippen LogP contribution in [0.3, 0.4) is 0 Å². The molecule has 0 aliphatic carbocycles. The second-order valence-corrected chi connectivity index (χ2v) is 6.06. The fourth-order valence-electron chi connectivity index (χ4n) is 1.84. The van der Waals surface area contributed by atoms with Gasteiger partial charge in [0.25, 0.3) is 5.89 Å². The summed E-state index contributed by atoms with van der Waals surface area (Å²) in [5.74, 6) is 1.71. The molecule has 0 spiro atoms. The fourth-order valence-corrected chi connectivity index (χ4v) is 1.84. The Labute approximate surface area is 108 Å². The van der Waals surface area contributed by atoms with E-state index in [0.29, 0.717) is 18.4 Å². The minimum absolute atomic E-state index is 0.0976. The zero-order chi connectivity index (χ0) is 13.3. The van der Waals surface area contributed by atoms with Crippen LogP contribution < -0.4 is 0 Å². The Hall–Kier alpha value is -1.45. The van der Waals surface area contributed by atoms with Gasteiger partial charge in [0, 0.05) is 29.0 Å². The van der Waals surface area contributed by atoms with Crippen molar-refractivity contribution in [3.63, 3.8) is 0 Å². The van der Waals surface area contributed by atoms with Gasteiger partial charge in [0.1, 0.15) is 0 Å². The molecule has 18 heavy (non-hydrogen) atoms. The maximum absolute atomic E-state index is 5.34. The van der Waals surface area contributed by atoms with E-state index < -0.39 is 0 Å². The molecule has 0 saturated carbocycles. The van der Waals surface area contributed by atoms with Gasteiger partial charge in [-0.05, 0) is 0 Å². The highest BCUT2D eigenvalue weighted by Crippen LogP contribution is 2.28. The highest BCUT2D eigenvalue weighted by Gasteiger charge is 2.24. The highest BCUT2D eigenvalue weighted by molar-refractivity contribution is 5.98. The lowest BCUT2D eigenvalue weighted by atomic mass is 9.85. The summed E-state index contributed by atoms with van der Waals surface area (Å²) in [6.07, 6.45) is 2.89. The average molecular weight is 247 g/mol. The molecule has 2 heterocycles. The third kappa shape index (κ3) is 2.68. The Bertz CT molecular complexity index is 489. The van der Waals surface area contributed by atoms with Crippen molar-refractivity contribution in [2.45, 2.75) is 47.0 Å². The Balaban J connectivity index is 2.18. The normalized spacial score (nSPS) is 16.8. The van der Waals surface area contributed by atoms with Crippen LogP contribution in [-0.2, 0) is 0 Å². The van der Waals surface area contributed by atoms with Gasteiger partial charge in [-0.25, -0.2) is 0 Å². The third-order valence-electron chi connectivity index (χ3n) is 3.08. The van der Waals surface area contributed by atoms with E-state index in [1.54, 1.807) is 0 Å². The smallest absolute Gasteiger partial charge is 0.253 e. The lowest BCUT2D eigenvalue weighted by molar-refractivity contribution is 0.397. The number of aromatic nitrogens is 2. The van der Waals surface area contributed by atoms with Crippen LogP contribution in [0.1, 0.15) is 58.7 Å². The summed E-state index contributed by atoms with van der Waals surface area (Å²) in [5, 5.41) is 4.01. The van der Waals surface area contributed by atoms with E-state index in [2.05, 4.69) is 55.8 Å². The molecule has 0 unspecified atom stereocenters. The van der Waals surface area contributed by atoms with Gasteiger partial charge in [0.15, 0.2) is 5.82 Å². The van der Waals surface area contributed by atoms with Gasteiger partial charge in [-0.1, -0.05) is 45.9 Å². The van der Waals surface area contributed by atoms with E-state index in [0.717, 1.165) is 17.8 Å². The summed E-state index contributed by atoms with van der Waals surface area (Å²) < 4.78 is 5.34. The molecule has 0 aromatic carbocycles. The van der Waals surface area contributed by atoms with E-state index in [1.807, 2.05) is 0 Å². The molecule has 1 aliphatic rings. The first kappa shape index (κ1) is 13.0. The lowest BCUT2D eigenvalue weighted by Gasteiger charge is -2.24. The predicted octanol–water partition coefficient (Wildman–Crippen LogP) is 3.47. The number of dihydropyridines is 1. The number of hydrogen-bond donors (Lipinski definition) is 0. The van der Waals surface area contributed by atoms with Crippen molar-refractivity contribution in [2.24, 2.45) is 10.4 Å². The van der Waals surface area contributed by atoms with Crippen LogP contribution in [0.15, 0.2) is 15.6 Å². The maximum Gasteiger partial charge on any atom is 0.253 e. The van der Waals surface area contributed by atoms with Crippen LogP contribution in [0.2, 0.25) is 0 Å². The number of allylic oxidation sites excluding steroid dienone is 1. The summed E-state index contributed by atoms with van der Waals surface area (Å²) in [4.78, 5) is 9.02. The van der Waals surface area contributed by atoms with Crippen molar-refractivity contribution in [1.29, 1.82) is 0 Å². The maximum atomic E-state index is 5.34. The first-order valence-corrected chi connectivity index (χ1v) is 6.44. The summed E-state index contributed by atoms with van der Waals surface area (Å²) in [6, 6.07) is 0. The fraction of sp³-hybridized carbons (Fsp3) is 0.643. The lowest BCUT2D eigenvalue weighted by Crippen LogP contribution is -2.23. The minimum Gasteiger partial charge on any atom is -0.334 e. The monoisotopic (exact) mass is 247 g/mol. The van der Waals surface area contributed by atoms with Crippen molar-refractivity contribution < 1.29 is 4.52 Å². The van der Waals surface area contributed by atoms with Crippen LogP contribution in [0.4, 0.5) is 0 Å². The molecule has 0 N–H and O–H groups in total. The molecule has 1 aliphatic heterocycles. The van der Waals surface area contributed by atoms with Gasteiger partial charge in [-0.2, -0.15) is 4.98 Å². The standard InChI is InChI=1S/C14H21N3O/c1-9(2)12-16-13(18-17-12)10-6-7-15-11(8-10)14(3,4)5/h6,9H,7-8H2,1-5H3. The van der Waals surface area contributed by atoms with Crippen molar-refractivity contribution in [1.82, 2.24) is 10.1 Å². The second-order valence-electron chi connectivity index (χ2n) is 6.06. The molecule has 0 atom stereocenters. The largest absolute Gasteiger partial charge is 0.334 e. The van der Waals surface area contributed by atoms with Crippen LogP contribution in [0.25, 0.3) is 5.57 Å². The minimum atomic E-state index is 0.0976. The summed E-state index contributed by atoms with van der Waals surface area (Å²) in [7, 11) is 0. The third-order valence-corrected chi connectivity index (χ3v) is 3.08. The van der Waals surface area contributed by atoms with Crippen LogP contribution in [-0.4, -0.2) is 22.4 Å². The summed E-state index contributed by atoms with van der Waals surface area (Å²) >= 11 is 0. The molecule has 0 amide bonds. The van der Waals surface area contributed by atoms with Gasteiger partial charge in [0.2, 0.25) is 0 Å². The zero-order valence-electron chi connectivity index (χ0n) is 11.8. The molecule has 1 aromatic heterocycles. The van der Waals surface area contributed by atoms with Crippen molar-refractivity contribution >= 4 is 11.3 Å². The van der Waals surface area contributed by atoms with E-state index in [9.17, 15) is 0 Å². The van der Waals surface area contributed by atoms with E-state index in [4.69, 9.17) is 4.52 Å². The SMILES string of the molecule is CC(C)c1noc(C2=CCN=C(C(C)(C)C)C2)n1. The van der Waals surface area contributed by atoms with Crippen molar-refractivity contribution in [3.05, 3.63) is 17.8 Å². The topological polar surface area (TPSA) is 51.3 Å². The number of rotatable bonds is 2. The molecule has 0 fully saturated rings. The Morgan fingerprint density at radius 2 is 2.00 bits per heavy atom. The van der Waals surface area contributed by atoms with Gasteiger partial charge >= 0.3 is 0 Å². The van der Waals surface area contributed by atoms with Gasteiger partial charge in [-0.3, -0.25) is 4.99 Å². The van der Waals surface area contributed by atoms with E-state index in [-0.39, 0.29) is 5.41 Å². The van der Waals surface area contributed by atoms with Crippen LogP contribution >= 0.6 is 0 Å². The van der Waals surface area contributed by atoms with Crippen molar-refractivity contribution in [3.8, 4) is 0 Å². The molecule has 2 rings (SSSR count). The molecule has 1 aromatic rings. The Kier molecular flexibility index (Phi) is 3.37. The molecule has 0 bridgehead atoms. The number of nitrogens with zero attached hydrogens (tertiary/aromatic N) is 3. The summed E-state index contributed by atoms with van der Waals surface area (Å²) in [5.41, 5.74) is 2.40. The Morgan fingerprint density at radius 3 is 2.56 bits per heavy atom. The van der Waals surface area contributed by atoms with Crippen LogP contribution in [0, 0.1) is 5.41 Å². The molecule has 98 valence electrons. The highest BCUT2D eigenvalue weighted by atomic mass is 16.5. The molecule has 4 heteroatoms. The van der Waals surface area contributed by atoms with Crippen LogP contribution in [0.5, 0.6) is 0 Å². The van der Waals surface area contributed by atoms with E-state index >= 15 is 0 Å². The quantitative estimate of drug-likeness (QED) is 0.804. The zero-order valence-corrected chi connectivity index (χ0v) is 11.8. The first-order chi connectivity index (χ1) is 8.38. The first-order valence-electron chi connectivity index (χ1n) is 6.44. The van der Waals surface area contributed by atoms with Gasteiger partial charge in [-0.15, -0.1) is 0 Å². The average Bonchev–Trinajstić information content (AvgIpc) is 2.77. The number of aliphatic imine (C=N–C) groups is 1. The second kappa shape index (κ2) is 4.67. The van der Waals surface area contributed by atoms with Gasteiger partial charge in [0.05, 0.1) is 6.54 Å². The molecule has 0 radical (unpaired) electrons. The van der Waals surface area contributed by atoms with E-state index in [1.165, 1.54) is 5.71 Å². The molecular weight excluding hydrogens is 226 g/mol. The Morgan fingerprint density at radius 1 is 1.28 bits per heavy atom. The summed E-state index contributed by atoms with van der Waals surface area (Å²) in [6.45, 7) is 11.4. The number of hydrogen-bond acceptors (Lipinski definition) is 4. The molecular formula is C14H21N3O. The van der Waals surface area contributed by atoms with Crippen molar-refractivity contribution in [2.75, 3.05) is 6.54 Å². The predicted molar refractivity (Wildman–Crippen MR) is 72.7 cm³/mol. The molecule has 4 nitrogen and oxygen atoms in total.